The minimum Gasteiger partial charge on any atom is -0.473 e. The zero-order chi connectivity index (χ0) is 11.4. The summed E-state index contributed by atoms with van der Waals surface area (Å²) < 4.78 is 12.2. The summed E-state index contributed by atoms with van der Waals surface area (Å²) in [5.41, 5.74) is 0. The summed E-state index contributed by atoms with van der Waals surface area (Å²) in [5, 5.41) is 0. The Hall–Kier alpha value is -0.610. The molecule has 1 aromatic rings. The molecule has 1 aliphatic carbocycles. The van der Waals surface area contributed by atoms with Gasteiger partial charge in [0.15, 0.2) is 0 Å². The number of ether oxygens (including phenoxy) is 2. The molecule has 0 aromatic carbocycles. The highest BCUT2D eigenvalue weighted by Gasteiger charge is 2.23. The van der Waals surface area contributed by atoms with Crippen LogP contribution in [0.1, 0.15) is 25.7 Å². The molecule has 0 radical (unpaired) electrons. The fraction of sp³-hybridized carbons (Fsp3) is 0.583. The Bertz CT molecular complexity index is 346. The molecule has 0 spiro atoms. The van der Waals surface area contributed by atoms with E-state index in [4.69, 9.17) is 9.47 Å². The lowest BCUT2D eigenvalue weighted by Gasteiger charge is -2.28. The summed E-state index contributed by atoms with van der Waals surface area (Å²) in [6, 6.07) is 3.83. The third kappa shape index (κ3) is 2.95. The van der Waals surface area contributed by atoms with Gasteiger partial charge in [0.1, 0.15) is 6.10 Å². The molecule has 1 fully saturated rings. The standard InChI is InChI=1S/C12H16BrNO2/c1-15-9-4-2-5-10(8-9)16-12-11(13)6-3-7-14-12/h3,6-7,9-10H,2,4-5,8H2,1H3. The van der Waals surface area contributed by atoms with E-state index in [1.165, 1.54) is 0 Å². The first-order valence-electron chi connectivity index (χ1n) is 5.59. The van der Waals surface area contributed by atoms with Gasteiger partial charge in [-0.05, 0) is 47.3 Å². The zero-order valence-corrected chi connectivity index (χ0v) is 10.9. The van der Waals surface area contributed by atoms with Gasteiger partial charge in [0.05, 0.1) is 10.6 Å². The van der Waals surface area contributed by atoms with E-state index in [0.29, 0.717) is 12.0 Å². The van der Waals surface area contributed by atoms with Crippen molar-refractivity contribution in [1.82, 2.24) is 4.98 Å². The third-order valence-corrected chi connectivity index (χ3v) is 3.52. The van der Waals surface area contributed by atoms with E-state index in [1.54, 1.807) is 13.3 Å². The van der Waals surface area contributed by atoms with Crippen molar-refractivity contribution in [3.63, 3.8) is 0 Å². The lowest BCUT2D eigenvalue weighted by Crippen LogP contribution is -2.29. The van der Waals surface area contributed by atoms with E-state index >= 15 is 0 Å². The highest BCUT2D eigenvalue weighted by Crippen LogP contribution is 2.28. The first kappa shape index (κ1) is 11.9. The molecule has 1 heterocycles. The molecule has 2 unspecified atom stereocenters. The molecular weight excluding hydrogens is 270 g/mol. The lowest BCUT2D eigenvalue weighted by molar-refractivity contribution is 0.0192. The average molecular weight is 286 g/mol. The molecule has 0 saturated heterocycles. The Morgan fingerprint density at radius 2 is 2.19 bits per heavy atom. The van der Waals surface area contributed by atoms with Crippen molar-refractivity contribution in [3.8, 4) is 5.88 Å². The number of pyridine rings is 1. The quantitative estimate of drug-likeness (QED) is 0.855. The summed E-state index contributed by atoms with van der Waals surface area (Å²) in [7, 11) is 1.77. The first-order chi connectivity index (χ1) is 7.79. The SMILES string of the molecule is COC1CCCC(Oc2ncccc2Br)C1. The lowest BCUT2D eigenvalue weighted by atomic mass is 9.95. The van der Waals surface area contributed by atoms with Crippen LogP contribution in [0.4, 0.5) is 0 Å². The van der Waals surface area contributed by atoms with Crippen LogP contribution in [-0.4, -0.2) is 24.3 Å². The number of hydrogen-bond donors (Lipinski definition) is 0. The summed E-state index contributed by atoms with van der Waals surface area (Å²) in [6.45, 7) is 0. The largest absolute Gasteiger partial charge is 0.473 e. The van der Waals surface area contributed by atoms with Crippen LogP contribution in [0.2, 0.25) is 0 Å². The molecule has 16 heavy (non-hydrogen) atoms. The number of methoxy groups -OCH3 is 1. The molecule has 2 atom stereocenters. The molecule has 1 aromatic heterocycles. The number of aromatic nitrogens is 1. The highest BCUT2D eigenvalue weighted by atomic mass is 79.9. The first-order valence-corrected chi connectivity index (χ1v) is 6.39. The topological polar surface area (TPSA) is 31.4 Å². The molecule has 0 amide bonds. The normalized spacial score (nSPS) is 25.4. The van der Waals surface area contributed by atoms with Crippen molar-refractivity contribution in [3.05, 3.63) is 22.8 Å². The van der Waals surface area contributed by atoms with Crippen molar-refractivity contribution >= 4 is 15.9 Å². The Kier molecular flexibility index (Phi) is 4.18. The predicted molar refractivity (Wildman–Crippen MR) is 65.6 cm³/mol. The molecular formula is C12H16BrNO2. The molecule has 1 aliphatic rings. The van der Waals surface area contributed by atoms with Crippen LogP contribution in [0.15, 0.2) is 22.8 Å². The maximum atomic E-state index is 5.88. The van der Waals surface area contributed by atoms with Gasteiger partial charge in [-0.15, -0.1) is 0 Å². The van der Waals surface area contributed by atoms with E-state index in [1.807, 2.05) is 12.1 Å². The van der Waals surface area contributed by atoms with E-state index in [-0.39, 0.29) is 6.10 Å². The van der Waals surface area contributed by atoms with Gasteiger partial charge in [-0.3, -0.25) is 0 Å². The molecule has 2 rings (SSSR count). The second-order valence-corrected chi connectivity index (χ2v) is 4.91. The number of rotatable bonds is 3. The summed E-state index contributed by atoms with van der Waals surface area (Å²) in [4.78, 5) is 4.21. The van der Waals surface area contributed by atoms with Crippen molar-refractivity contribution in [1.29, 1.82) is 0 Å². The fourth-order valence-corrected chi connectivity index (χ4v) is 2.39. The Balaban J connectivity index is 1.97. The summed E-state index contributed by atoms with van der Waals surface area (Å²) >= 11 is 3.44. The Morgan fingerprint density at radius 1 is 1.38 bits per heavy atom. The molecule has 1 saturated carbocycles. The summed E-state index contributed by atoms with van der Waals surface area (Å²) in [6.07, 6.45) is 6.65. The van der Waals surface area contributed by atoms with E-state index < -0.39 is 0 Å². The summed E-state index contributed by atoms with van der Waals surface area (Å²) in [5.74, 6) is 0.684. The van der Waals surface area contributed by atoms with Gasteiger partial charge in [0.25, 0.3) is 0 Å². The molecule has 0 aliphatic heterocycles. The van der Waals surface area contributed by atoms with Crippen LogP contribution < -0.4 is 4.74 Å². The van der Waals surface area contributed by atoms with Crippen molar-refractivity contribution in [2.45, 2.75) is 37.9 Å². The number of halogens is 1. The van der Waals surface area contributed by atoms with E-state index in [9.17, 15) is 0 Å². The van der Waals surface area contributed by atoms with Crippen molar-refractivity contribution in [2.24, 2.45) is 0 Å². The van der Waals surface area contributed by atoms with Crippen molar-refractivity contribution < 1.29 is 9.47 Å². The van der Waals surface area contributed by atoms with Gasteiger partial charge in [-0.2, -0.15) is 0 Å². The van der Waals surface area contributed by atoms with Crippen LogP contribution >= 0.6 is 15.9 Å². The van der Waals surface area contributed by atoms with Gasteiger partial charge in [0, 0.05) is 19.7 Å². The van der Waals surface area contributed by atoms with Crippen molar-refractivity contribution in [2.75, 3.05) is 7.11 Å². The van der Waals surface area contributed by atoms with Gasteiger partial charge in [-0.25, -0.2) is 4.98 Å². The molecule has 0 N–H and O–H groups in total. The molecule has 3 nitrogen and oxygen atoms in total. The minimum atomic E-state index is 0.227. The third-order valence-electron chi connectivity index (χ3n) is 2.91. The van der Waals surface area contributed by atoms with Crippen LogP contribution in [0.3, 0.4) is 0 Å². The molecule has 88 valence electrons. The average Bonchev–Trinajstić information content (AvgIpc) is 2.32. The van der Waals surface area contributed by atoms with Gasteiger partial charge >= 0.3 is 0 Å². The van der Waals surface area contributed by atoms with Gasteiger partial charge in [-0.1, -0.05) is 0 Å². The Morgan fingerprint density at radius 3 is 2.94 bits per heavy atom. The van der Waals surface area contributed by atoms with Crippen LogP contribution in [-0.2, 0) is 4.74 Å². The minimum absolute atomic E-state index is 0.227. The maximum Gasteiger partial charge on any atom is 0.228 e. The van der Waals surface area contributed by atoms with Crippen LogP contribution in [0.5, 0.6) is 5.88 Å². The zero-order valence-electron chi connectivity index (χ0n) is 9.36. The van der Waals surface area contributed by atoms with Crippen LogP contribution in [0, 0.1) is 0 Å². The fourth-order valence-electron chi connectivity index (χ4n) is 2.04. The van der Waals surface area contributed by atoms with E-state index in [2.05, 4.69) is 20.9 Å². The van der Waals surface area contributed by atoms with Gasteiger partial charge < -0.3 is 9.47 Å². The van der Waals surface area contributed by atoms with Crippen LogP contribution in [0.25, 0.3) is 0 Å². The van der Waals surface area contributed by atoms with Gasteiger partial charge in [0.2, 0.25) is 5.88 Å². The highest BCUT2D eigenvalue weighted by molar-refractivity contribution is 9.10. The monoisotopic (exact) mass is 285 g/mol. The Labute approximate surface area is 104 Å². The van der Waals surface area contributed by atoms with E-state index in [0.717, 1.165) is 30.2 Å². The predicted octanol–water partition coefficient (Wildman–Crippen LogP) is 3.18. The maximum absolute atomic E-state index is 5.88. The number of hydrogen-bond acceptors (Lipinski definition) is 3. The smallest absolute Gasteiger partial charge is 0.228 e. The second kappa shape index (κ2) is 5.64. The number of nitrogens with zero attached hydrogens (tertiary/aromatic N) is 1. The molecule has 4 heteroatoms. The molecule has 0 bridgehead atoms. The second-order valence-electron chi connectivity index (χ2n) is 4.05.